The number of ether oxygens (including phenoxy) is 2. The minimum atomic E-state index is 0.0236. The molecule has 0 unspecified atom stereocenters. The van der Waals surface area contributed by atoms with E-state index in [1.165, 1.54) is 11.3 Å². The number of nitrogens with zero attached hydrogens (tertiary/aromatic N) is 4. The van der Waals surface area contributed by atoms with Gasteiger partial charge in [0.1, 0.15) is 17.5 Å². The van der Waals surface area contributed by atoms with Crippen LogP contribution in [0.2, 0.25) is 0 Å². The number of hydrogen-bond acceptors (Lipinski definition) is 6. The van der Waals surface area contributed by atoms with Crippen LogP contribution in [-0.4, -0.2) is 51.9 Å². The Morgan fingerprint density at radius 3 is 2.77 bits per heavy atom. The molecule has 3 heterocycles. The SMILES string of the molecule is COc1ccc2nc(OC3CCN(C(=O)c4ccnn4C)CC3)sc2c1. The highest BCUT2D eigenvalue weighted by Crippen LogP contribution is 2.32. The van der Waals surface area contributed by atoms with E-state index < -0.39 is 0 Å². The summed E-state index contributed by atoms with van der Waals surface area (Å²) in [6.45, 7) is 1.35. The second-order valence-electron chi connectivity index (χ2n) is 6.26. The molecule has 0 spiro atoms. The molecule has 2 aromatic heterocycles. The van der Waals surface area contributed by atoms with Crippen LogP contribution in [0.15, 0.2) is 30.5 Å². The molecule has 8 heteroatoms. The number of benzene rings is 1. The third-order valence-corrected chi connectivity index (χ3v) is 5.52. The number of aromatic nitrogens is 3. The normalized spacial score (nSPS) is 15.4. The summed E-state index contributed by atoms with van der Waals surface area (Å²) >= 11 is 1.52. The third-order valence-electron chi connectivity index (χ3n) is 4.61. The van der Waals surface area contributed by atoms with Gasteiger partial charge in [0.2, 0.25) is 0 Å². The minimum absolute atomic E-state index is 0.0236. The molecule has 136 valence electrons. The maximum Gasteiger partial charge on any atom is 0.274 e. The molecule has 1 aliphatic rings. The number of carbonyl (C=O) groups excluding carboxylic acids is 1. The van der Waals surface area contributed by atoms with E-state index in [-0.39, 0.29) is 12.0 Å². The van der Waals surface area contributed by atoms with Crippen molar-refractivity contribution in [2.75, 3.05) is 20.2 Å². The highest BCUT2D eigenvalue weighted by atomic mass is 32.1. The number of thiazole rings is 1. The number of carbonyl (C=O) groups is 1. The first kappa shape index (κ1) is 16.8. The Balaban J connectivity index is 1.38. The largest absolute Gasteiger partial charge is 0.497 e. The summed E-state index contributed by atoms with van der Waals surface area (Å²) in [5.41, 5.74) is 1.53. The molecule has 1 amide bonds. The van der Waals surface area contributed by atoms with E-state index >= 15 is 0 Å². The Morgan fingerprint density at radius 2 is 2.08 bits per heavy atom. The molecule has 1 aliphatic heterocycles. The van der Waals surface area contributed by atoms with Gasteiger partial charge in [0.15, 0.2) is 0 Å². The van der Waals surface area contributed by atoms with Crippen LogP contribution >= 0.6 is 11.3 Å². The van der Waals surface area contributed by atoms with Gasteiger partial charge in [-0.15, -0.1) is 0 Å². The maximum atomic E-state index is 12.5. The molecule has 7 nitrogen and oxygen atoms in total. The van der Waals surface area contributed by atoms with E-state index in [0.29, 0.717) is 24.0 Å². The molecular weight excluding hydrogens is 352 g/mol. The summed E-state index contributed by atoms with van der Waals surface area (Å²) in [7, 11) is 3.44. The lowest BCUT2D eigenvalue weighted by molar-refractivity contribution is 0.0585. The van der Waals surface area contributed by atoms with Gasteiger partial charge in [-0.3, -0.25) is 9.48 Å². The van der Waals surface area contributed by atoms with Crippen molar-refractivity contribution in [1.82, 2.24) is 19.7 Å². The highest BCUT2D eigenvalue weighted by molar-refractivity contribution is 7.20. The lowest BCUT2D eigenvalue weighted by atomic mass is 10.1. The second kappa shape index (κ2) is 6.95. The first-order valence-corrected chi connectivity index (χ1v) is 9.34. The van der Waals surface area contributed by atoms with E-state index in [9.17, 15) is 4.79 Å². The molecule has 1 saturated heterocycles. The van der Waals surface area contributed by atoms with Gasteiger partial charge >= 0.3 is 0 Å². The van der Waals surface area contributed by atoms with Gasteiger partial charge in [0.05, 0.1) is 17.3 Å². The Bertz CT molecular complexity index is 928. The summed E-state index contributed by atoms with van der Waals surface area (Å²) < 4.78 is 14.0. The average Bonchev–Trinajstić information content (AvgIpc) is 3.26. The zero-order valence-corrected chi connectivity index (χ0v) is 15.5. The highest BCUT2D eigenvalue weighted by Gasteiger charge is 2.26. The fourth-order valence-electron chi connectivity index (χ4n) is 3.13. The first-order valence-electron chi connectivity index (χ1n) is 8.52. The fourth-order valence-corrected chi connectivity index (χ4v) is 4.04. The average molecular weight is 372 g/mol. The number of amides is 1. The molecule has 26 heavy (non-hydrogen) atoms. The van der Waals surface area contributed by atoms with Crippen LogP contribution in [-0.2, 0) is 7.05 Å². The number of piperidine rings is 1. The second-order valence-corrected chi connectivity index (χ2v) is 7.26. The summed E-state index contributed by atoms with van der Waals surface area (Å²) in [5, 5.41) is 4.74. The van der Waals surface area contributed by atoms with E-state index in [2.05, 4.69) is 10.1 Å². The Labute approximate surface area is 155 Å². The molecule has 4 rings (SSSR count). The number of methoxy groups -OCH3 is 1. The minimum Gasteiger partial charge on any atom is -0.497 e. The van der Waals surface area contributed by atoms with Crippen LogP contribution in [0.25, 0.3) is 10.2 Å². The molecule has 0 saturated carbocycles. The van der Waals surface area contributed by atoms with Gasteiger partial charge < -0.3 is 14.4 Å². The van der Waals surface area contributed by atoms with Crippen LogP contribution < -0.4 is 9.47 Å². The van der Waals surface area contributed by atoms with Crippen molar-refractivity contribution < 1.29 is 14.3 Å². The molecule has 0 bridgehead atoms. The van der Waals surface area contributed by atoms with Gasteiger partial charge in [0.25, 0.3) is 11.1 Å². The van der Waals surface area contributed by atoms with Crippen LogP contribution in [0.5, 0.6) is 10.9 Å². The predicted molar refractivity (Wildman–Crippen MR) is 98.9 cm³/mol. The molecule has 1 fully saturated rings. The molecular formula is C18H20N4O3S. The van der Waals surface area contributed by atoms with Gasteiger partial charge in [-0.05, 0) is 24.3 Å². The number of likely N-dealkylation sites (tertiary alicyclic amines) is 1. The molecule has 0 atom stereocenters. The standard InChI is InChI=1S/C18H20N4O3S/c1-21-15(5-8-19-21)17(23)22-9-6-12(7-10-22)25-18-20-14-4-3-13(24-2)11-16(14)26-18/h3-5,8,11-12H,6-7,9-10H2,1-2H3. The smallest absolute Gasteiger partial charge is 0.274 e. The molecule has 0 N–H and O–H groups in total. The Hall–Kier alpha value is -2.61. The lowest BCUT2D eigenvalue weighted by Crippen LogP contribution is -2.42. The van der Waals surface area contributed by atoms with Gasteiger partial charge in [0, 0.05) is 39.2 Å². The molecule has 0 radical (unpaired) electrons. The van der Waals surface area contributed by atoms with Crippen LogP contribution in [0.3, 0.4) is 0 Å². The van der Waals surface area contributed by atoms with Crippen molar-refractivity contribution in [1.29, 1.82) is 0 Å². The first-order chi connectivity index (χ1) is 12.6. The van der Waals surface area contributed by atoms with E-state index in [1.54, 1.807) is 31.1 Å². The maximum absolute atomic E-state index is 12.5. The number of fused-ring (bicyclic) bond motifs is 1. The van der Waals surface area contributed by atoms with Crippen LogP contribution in [0.4, 0.5) is 0 Å². The van der Waals surface area contributed by atoms with Crippen molar-refractivity contribution in [2.45, 2.75) is 18.9 Å². The molecule has 1 aromatic carbocycles. The van der Waals surface area contributed by atoms with E-state index in [0.717, 1.165) is 28.8 Å². The number of hydrogen-bond donors (Lipinski definition) is 0. The zero-order valence-electron chi connectivity index (χ0n) is 14.7. The monoisotopic (exact) mass is 372 g/mol. The lowest BCUT2D eigenvalue weighted by Gasteiger charge is -2.31. The predicted octanol–water partition coefficient (Wildman–Crippen LogP) is 2.72. The van der Waals surface area contributed by atoms with Crippen molar-refractivity contribution in [3.05, 3.63) is 36.2 Å². The van der Waals surface area contributed by atoms with Crippen LogP contribution in [0, 0.1) is 0 Å². The van der Waals surface area contributed by atoms with Crippen molar-refractivity contribution >= 4 is 27.5 Å². The Morgan fingerprint density at radius 1 is 1.27 bits per heavy atom. The topological polar surface area (TPSA) is 69.5 Å². The van der Waals surface area contributed by atoms with Gasteiger partial charge in [-0.1, -0.05) is 11.3 Å². The van der Waals surface area contributed by atoms with E-state index in [4.69, 9.17) is 9.47 Å². The number of aryl methyl sites for hydroxylation is 1. The van der Waals surface area contributed by atoms with Crippen molar-refractivity contribution in [2.24, 2.45) is 7.05 Å². The summed E-state index contributed by atoms with van der Waals surface area (Å²) in [5.74, 6) is 0.838. The van der Waals surface area contributed by atoms with Crippen LogP contribution in [0.1, 0.15) is 23.3 Å². The number of rotatable bonds is 4. The summed E-state index contributed by atoms with van der Waals surface area (Å²) in [6.07, 6.45) is 3.31. The fraction of sp³-hybridized carbons (Fsp3) is 0.389. The van der Waals surface area contributed by atoms with Gasteiger partial charge in [-0.2, -0.15) is 5.10 Å². The third kappa shape index (κ3) is 3.24. The summed E-state index contributed by atoms with van der Waals surface area (Å²) in [6, 6.07) is 7.55. The van der Waals surface area contributed by atoms with Crippen molar-refractivity contribution in [3.8, 4) is 10.9 Å². The Kier molecular flexibility index (Phi) is 4.50. The zero-order chi connectivity index (χ0) is 18.1. The van der Waals surface area contributed by atoms with E-state index in [1.807, 2.05) is 23.1 Å². The summed E-state index contributed by atoms with van der Waals surface area (Å²) in [4.78, 5) is 18.9. The quantitative estimate of drug-likeness (QED) is 0.704. The molecule has 3 aromatic rings. The molecule has 0 aliphatic carbocycles. The van der Waals surface area contributed by atoms with Gasteiger partial charge in [-0.25, -0.2) is 4.98 Å². The van der Waals surface area contributed by atoms with Crippen molar-refractivity contribution in [3.63, 3.8) is 0 Å².